The van der Waals surface area contributed by atoms with Gasteiger partial charge in [-0.15, -0.1) is 0 Å². The van der Waals surface area contributed by atoms with Gasteiger partial charge in [-0.2, -0.15) is 5.10 Å². The van der Waals surface area contributed by atoms with Gasteiger partial charge in [-0.3, -0.25) is 5.10 Å². The zero-order valence-corrected chi connectivity index (χ0v) is 14.1. The molecule has 1 aliphatic rings. The number of hydrogen-bond donors (Lipinski definition) is 3. The van der Waals surface area contributed by atoms with Crippen LogP contribution < -0.4 is 10.0 Å². The Kier molecular flexibility index (Phi) is 4.75. The lowest BCUT2D eigenvalue weighted by molar-refractivity contribution is 0.212. The summed E-state index contributed by atoms with van der Waals surface area (Å²) in [6, 6.07) is 0.00971. The predicted molar refractivity (Wildman–Crippen MR) is 82.4 cm³/mol. The minimum atomic E-state index is -3.53. The second kappa shape index (κ2) is 6.06. The Morgan fingerprint density at radius 2 is 2.14 bits per heavy atom. The van der Waals surface area contributed by atoms with Crippen LogP contribution in [-0.4, -0.2) is 31.7 Å². The Morgan fingerprint density at radius 1 is 1.43 bits per heavy atom. The van der Waals surface area contributed by atoms with Gasteiger partial charge in [-0.1, -0.05) is 20.3 Å². The van der Waals surface area contributed by atoms with Crippen LogP contribution in [0.3, 0.4) is 0 Å². The van der Waals surface area contributed by atoms with Crippen LogP contribution in [0.5, 0.6) is 0 Å². The second-order valence-corrected chi connectivity index (χ2v) is 8.38. The van der Waals surface area contributed by atoms with Crippen molar-refractivity contribution in [3.63, 3.8) is 0 Å². The van der Waals surface area contributed by atoms with Crippen molar-refractivity contribution in [1.29, 1.82) is 0 Å². The van der Waals surface area contributed by atoms with Crippen LogP contribution in [-0.2, 0) is 16.6 Å². The minimum absolute atomic E-state index is 0.00971. The molecule has 0 amide bonds. The van der Waals surface area contributed by atoms with E-state index in [2.05, 4.69) is 34.1 Å². The van der Waals surface area contributed by atoms with Crippen LogP contribution in [0.25, 0.3) is 0 Å². The summed E-state index contributed by atoms with van der Waals surface area (Å²) < 4.78 is 28.3. The Balaban J connectivity index is 2.21. The van der Waals surface area contributed by atoms with Gasteiger partial charge in [0.05, 0.1) is 11.4 Å². The maximum Gasteiger partial charge on any atom is 0.244 e. The van der Waals surface area contributed by atoms with Crippen LogP contribution in [0, 0.1) is 12.3 Å². The summed E-state index contributed by atoms with van der Waals surface area (Å²) >= 11 is 0. The van der Waals surface area contributed by atoms with Crippen LogP contribution in [0.1, 0.15) is 50.9 Å². The van der Waals surface area contributed by atoms with Gasteiger partial charge in [0.2, 0.25) is 10.0 Å². The first-order valence-electron chi connectivity index (χ1n) is 7.46. The zero-order chi connectivity index (χ0) is 15.7. The van der Waals surface area contributed by atoms with Gasteiger partial charge >= 0.3 is 0 Å². The molecule has 0 spiro atoms. The van der Waals surface area contributed by atoms with Crippen LogP contribution >= 0.6 is 0 Å². The number of hydrogen-bond acceptors (Lipinski definition) is 4. The van der Waals surface area contributed by atoms with Gasteiger partial charge in [-0.25, -0.2) is 13.1 Å². The van der Waals surface area contributed by atoms with Crippen molar-refractivity contribution in [2.24, 2.45) is 5.41 Å². The molecule has 1 aromatic heterocycles. The van der Waals surface area contributed by atoms with E-state index < -0.39 is 10.0 Å². The molecular weight excluding hydrogens is 288 g/mol. The number of aromatic amines is 1. The zero-order valence-electron chi connectivity index (χ0n) is 13.3. The lowest BCUT2D eigenvalue weighted by Gasteiger charge is -2.35. The maximum atomic E-state index is 12.7. The van der Waals surface area contributed by atoms with Gasteiger partial charge in [0.15, 0.2) is 0 Å². The van der Waals surface area contributed by atoms with Crippen molar-refractivity contribution in [2.45, 2.75) is 63.9 Å². The first-order valence-corrected chi connectivity index (χ1v) is 8.94. The van der Waals surface area contributed by atoms with E-state index in [0.29, 0.717) is 22.8 Å². The number of nitrogens with zero attached hydrogens (tertiary/aromatic N) is 1. The maximum absolute atomic E-state index is 12.7. The molecule has 1 unspecified atom stereocenters. The largest absolute Gasteiger partial charge is 0.314 e. The third-order valence-electron chi connectivity index (χ3n) is 4.10. The summed E-state index contributed by atoms with van der Waals surface area (Å²) in [6.07, 6.45) is 4.00. The average molecular weight is 314 g/mol. The van der Waals surface area contributed by atoms with Crippen molar-refractivity contribution >= 4 is 10.0 Å². The Morgan fingerprint density at radius 3 is 2.76 bits per heavy atom. The van der Waals surface area contributed by atoms with Crippen LogP contribution in [0.2, 0.25) is 0 Å². The van der Waals surface area contributed by atoms with E-state index in [-0.39, 0.29) is 11.5 Å². The topological polar surface area (TPSA) is 86.9 Å². The van der Waals surface area contributed by atoms with E-state index in [9.17, 15) is 8.42 Å². The van der Waals surface area contributed by atoms with Crippen LogP contribution in [0.4, 0.5) is 0 Å². The molecule has 0 bridgehead atoms. The number of rotatable bonds is 5. The first-order chi connectivity index (χ1) is 9.75. The summed E-state index contributed by atoms with van der Waals surface area (Å²) in [5.74, 6) is 0. The second-order valence-electron chi connectivity index (χ2n) is 6.73. The normalized spacial score (nSPS) is 22.4. The van der Waals surface area contributed by atoms with E-state index in [4.69, 9.17) is 0 Å². The molecule has 1 aromatic rings. The number of aryl methyl sites for hydroxylation is 1. The molecular formula is C14H26N4O2S. The molecule has 21 heavy (non-hydrogen) atoms. The quantitative estimate of drug-likeness (QED) is 0.772. The third-order valence-corrected chi connectivity index (χ3v) is 5.82. The molecule has 3 N–H and O–H groups in total. The summed E-state index contributed by atoms with van der Waals surface area (Å²) in [5, 5.41) is 9.81. The van der Waals surface area contributed by atoms with Crippen molar-refractivity contribution in [3.8, 4) is 0 Å². The molecule has 6 nitrogen and oxygen atoms in total. The van der Waals surface area contributed by atoms with Gasteiger partial charge in [-0.05, 0) is 38.6 Å². The molecule has 2 rings (SSSR count). The summed E-state index contributed by atoms with van der Waals surface area (Å²) in [5.41, 5.74) is 1.32. The third kappa shape index (κ3) is 3.84. The fourth-order valence-electron chi connectivity index (χ4n) is 3.19. The highest BCUT2D eigenvalue weighted by atomic mass is 32.2. The summed E-state index contributed by atoms with van der Waals surface area (Å²) in [7, 11) is -1.76. The average Bonchev–Trinajstić information content (AvgIpc) is 2.69. The van der Waals surface area contributed by atoms with E-state index in [1.54, 1.807) is 14.0 Å². The first kappa shape index (κ1) is 16.5. The molecule has 0 radical (unpaired) electrons. The lowest BCUT2D eigenvalue weighted by atomic mass is 9.75. The van der Waals surface area contributed by atoms with Gasteiger partial charge in [0, 0.05) is 12.6 Å². The fraction of sp³-hybridized carbons (Fsp3) is 0.786. The number of aromatic nitrogens is 2. The molecule has 7 heteroatoms. The van der Waals surface area contributed by atoms with Crippen molar-refractivity contribution in [3.05, 3.63) is 11.4 Å². The smallest absolute Gasteiger partial charge is 0.244 e. The molecule has 1 atom stereocenters. The molecule has 1 saturated carbocycles. The van der Waals surface area contributed by atoms with E-state index in [1.165, 1.54) is 0 Å². The molecule has 1 fully saturated rings. The predicted octanol–water partition coefficient (Wildman–Crippen LogP) is 1.68. The number of H-pyrrole nitrogens is 1. The van der Waals surface area contributed by atoms with E-state index >= 15 is 0 Å². The Labute approximate surface area is 127 Å². The molecule has 0 saturated heterocycles. The number of nitrogens with one attached hydrogen (secondary N) is 3. The summed E-state index contributed by atoms with van der Waals surface area (Å²) in [6.45, 7) is 6.56. The fourth-order valence-corrected chi connectivity index (χ4v) is 4.82. The molecule has 0 aliphatic heterocycles. The van der Waals surface area contributed by atoms with Crippen molar-refractivity contribution in [2.75, 3.05) is 7.05 Å². The molecule has 1 heterocycles. The van der Waals surface area contributed by atoms with Gasteiger partial charge in [0.1, 0.15) is 4.90 Å². The molecule has 1 aliphatic carbocycles. The summed E-state index contributed by atoms with van der Waals surface area (Å²) in [4.78, 5) is 0.292. The molecule has 120 valence electrons. The van der Waals surface area contributed by atoms with Crippen LogP contribution in [0.15, 0.2) is 4.90 Å². The van der Waals surface area contributed by atoms with Gasteiger partial charge in [0.25, 0.3) is 0 Å². The highest BCUT2D eigenvalue weighted by Gasteiger charge is 2.32. The van der Waals surface area contributed by atoms with Crippen molar-refractivity contribution < 1.29 is 8.42 Å². The lowest BCUT2D eigenvalue weighted by Crippen LogP contribution is -2.41. The SMILES string of the molecule is CNCc1n[nH]c(C)c1S(=O)(=O)NC1CCCC(C)(C)C1. The van der Waals surface area contributed by atoms with E-state index in [1.807, 2.05) is 0 Å². The standard InChI is InChI=1S/C14H26N4O2S/c1-10-13(12(9-15-4)17-16-10)21(19,20)18-11-6-5-7-14(2,3)8-11/h11,15,18H,5-9H2,1-4H3,(H,16,17). The monoisotopic (exact) mass is 314 g/mol. The Bertz CT molecular complexity index is 592. The highest BCUT2D eigenvalue weighted by Crippen LogP contribution is 2.35. The van der Waals surface area contributed by atoms with Gasteiger partial charge < -0.3 is 5.32 Å². The minimum Gasteiger partial charge on any atom is -0.314 e. The Hall–Kier alpha value is -0.920. The van der Waals surface area contributed by atoms with Crippen molar-refractivity contribution in [1.82, 2.24) is 20.2 Å². The number of sulfonamides is 1. The van der Waals surface area contributed by atoms with E-state index in [0.717, 1.165) is 25.7 Å². The molecule has 0 aromatic carbocycles. The highest BCUT2D eigenvalue weighted by molar-refractivity contribution is 7.89.